The molecule has 0 N–H and O–H groups in total. The van der Waals surface area contributed by atoms with Gasteiger partial charge in [-0.15, -0.1) is 24.8 Å². The van der Waals surface area contributed by atoms with Gasteiger partial charge in [0.2, 0.25) is 0 Å². The molecule has 0 amide bonds. The fraction of sp³-hybridized carbons (Fsp3) is 0.333. The maximum absolute atomic E-state index is 6.03. The second-order valence-corrected chi connectivity index (χ2v) is 6.15. The average Bonchev–Trinajstić information content (AvgIpc) is 2.63. The Bertz CT molecular complexity index is 487. The summed E-state index contributed by atoms with van der Waals surface area (Å²) in [4.78, 5) is 0. The van der Waals surface area contributed by atoms with E-state index in [2.05, 4.69) is 65.5 Å². The van der Waals surface area contributed by atoms with Gasteiger partial charge in [0, 0.05) is 0 Å². The molecule has 1 nitrogen and oxygen atoms in total. The Balaban J connectivity index is 0.00000162. The van der Waals surface area contributed by atoms with Crippen LogP contribution in [0.15, 0.2) is 40.3 Å². The predicted octanol–water partition coefficient (Wildman–Crippen LogP) is 4.93. The predicted molar refractivity (Wildman–Crippen MR) is 82.0 cm³/mol. The van der Waals surface area contributed by atoms with Crippen molar-refractivity contribution in [3.8, 4) is 5.75 Å². The molecule has 1 aliphatic rings. The normalized spacial score (nSPS) is 13.8. The van der Waals surface area contributed by atoms with Gasteiger partial charge < -0.3 is 0 Å². The molecule has 0 heterocycles. The average molecular weight is 334 g/mol. The van der Waals surface area contributed by atoms with Crippen molar-refractivity contribution in [2.24, 2.45) is 0 Å². The molecule has 0 unspecified atom stereocenters. The van der Waals surface area contributed by atoms with Gasteiger partial charge in [-0.25, -0.2) is 0 Å². The van der Waals surface area contributed by atoms with E-state index in [4.69, 9.17) is 4.74 Å². The molecule has 0 spiro atoms. The number of hydrogen-bond acceptors (Lipinski definition) is 1. The monoisotopic (exact) mass is 333 g/mol. The molecule has 1 aromatic carbocycles. The quantitative estimate of drug-likeness (QED) is 0.697. The van der Waals surface area contributed by atoms with E-state index in [1.807, 2.05) is 12.1 Å². The standard InChI is InChI=1S/C15H17O.2ClH.Ti/c1-15(2,3)16-14-11-7-6-10-13(14)12-8-4-5-9-12;;;/h4,6-8,10-11H,5H2,1-3H3;2*1H;. The van der Waals surface area contributed by atoms with E-state index in [0.717, 1.165) is 12.2 Å². The molecule has 19 heavy (non-hydrogen) atoms. The van der Waals surface area contributed by atoms with E-state index in [1.165, 1.54) is 15.0 Å². The molecule has 103 valence electrons. The summed E-state index contributed by atoms with van der Waals surface area (Å²) in [6, 6.07) is 8.28. The van der Waals surface area contributed by atoms with Crippen LogP contribution >= 0.6 is 24.8 Å². The number of hydrogen-bond donors (Lipinski definition) is 0. The molecule has 0 saturated carbocycles. The van der Waals surface area contributed by atoms with Crippen LogP contribution in [0.3, 0.4) is 0 Å². The van der Waals surface area contributed by atoms with Gasteiger partial charge in [-0.1, -0.05) is 0 Å². The van der Waals surface area contributed by atoms with Crippen LogP contribution in [0.1, 0.15) is 32.8 Å². The van der Waals surface area contributed by atoms with Gasteiger partial charge in [0.25, 0.3) is 0 Å². The summed E-state index contributed by atoms with van der Waals surface area (Å²) in [6.07, 6.45) is 5.46. The van der Waals surface area contributed by atoms with Crippen LogP contribution in [0.2, 0.25) is 0 Å². The zero-order valence-electron chi connectivity index (χ0n) is 11.4. The van der Waals surface area contributed by atoms with Crippen LogP contribution < -0.4 is 4.74 Å². The van der Waals surface area contributed by atoms with Crippen LogP contribution in [0.25, 0.3) is 5.57 Å². The first-order chi connectivity index (χ1) is 7.97. The minimum absolute atomic E-state index is 0. The molecule has 0 fully saturated rings. The maximum Gasteiger partial charge on any atom is -0.147 e. The van der Waals surface area contributed by atoms with Gasteiger partial charge in [-0.05, 0) is 0 Å². The van der Waals surface area contributed by atoms with Crippen LogP contribution in [-0.2, 0) is 20.4 Å². The van der Waals surface area contributed by atoms with Gasteiger partial charge in [0.15, 0.2) is 0 Å². The Morgan fingerprint density at radius 1 is 1.11 bits per heavy atom. The summed E-state index contributed by atoms with van der Waals surface area (Å²) in [5.41, 5.74) is 2.35. The third kappa shape index (κ3) is 5.00. The summed E-state index contributed by atoms with van der Waals surface area (Å²) < 4.78 is 7.44. The minimum Gasteiger partial charge on any atom is -0.147 e. The Morgan fingerprint density at radius 2 is 1.74 bits per heavy atom. The zero-order chi connectivity index (χ0) is 12.5. The molecule has 0 radical (unpaired) electrons. The van der Waals surface area contributed by atoms with Crippen molar-refractivity contribution >= 4 is 30.4 Å². The second-order valence-electron chi connectivity index (χ2n) is 5.21. The Hall–Kier alpha value is -0.206. The topological polar surface area (TPSA) is 9.23 Å². The van der Waals surface area contributed by atoms with E-state index in [-0.39, 0.29) is 30.4 Å². The number of rotatable bonds is 2. The van der Waals surface area contributed by atoms with E-state index >= 15 is 0 Å². The Labute approximate surface area is 139 Å². The van der Waals surface area contributed by atoms with Crippen molar-refractivity contribution in [2.75, 3.05) is 0 Å². The first-order valence-corrected chi connectivity index (χ1v) is 6.65. The SMILES string of the molecule is CC(C)(C)Oc1ccccc1C1=[C]([Ti])CC=C1.Cl.Cl. The Kier molecular flexibility index (Phi) is 7.46. The molecule has 4 heteroatoms. The van der Waals surface area contributed by atoms with E-state index < -0.39 is 0 Å². The summed E-state index contributed by atoms with van der Waals surface area (Å²) in [7, 11) is 0. The Morgan fingerprint density at radius 3 is 2.26 bits per heavy atom. The van der Waals surface area contributed by atoms with Crippen molar-refractivity contribution < 1.29 is 25.2 Å². The molecule has 1 aromatic rings. The molecule has 0 saturated heterocycles. The number of ether oxygens (including phenoxy) is 1. The smallest absolute Gasteiger partial charge is 0.147 e. The minimum atomic E-state index is -0.160. The first kappa shape index (κ1) is 18.8. The van der Waals surface area contributed by atoms with Crippen LogP contribution in [-0.4, -0.2) is 5.60 Å². The van der Waals surface area contributed by atoms with E-state index in [0.29, 0.717) is 0 Å². The fourth-order valence-corrected chi connectivity index (χ4v) is 2.39. The van der Waals surface area contributed by atoms with Crippen LogP contribution in [0.4, 0.5) is 0 Å². The number of halogens is 2. The third-order valence-electron chi connectivity index (χ3n) is 2.52. The van der Waals surface area contributed by atoms with Gasteiger partial charge in [0.1, 0.15) is 0 Å². The van der Waals surface area contributed by atoms with E-state index in [9.17, 15) is 0 Å². The van der Waals surface area contributed by atoms with Gasteiger partial charge in [0.05, 0.1) is 0 Å². The fourth-order valence-electron chi connectivity index (χ4n) is 1.87. The van der Waals surface area contributed by atoms with Crippen molar-refractivity contribution in [1.29, 1.82) is 0 Å². The molecule has 0 atom stereocenters. The summed E-state index contributed by atoms with van der Waals surface area (Å²) in [5, 5.41) is 0. The van der Waals surface area contributed by atoms with Crippen molar-refractivity contribution in [3.63, 3.8) is 0 Å². The van der Waals surface area contributed by atoms with Crippen molar-refractivity contribution in [2.45, 2.75) is 32.8 Å². The van der Waals surface area contributed by atoms with Crippen molar-refractivity contribution in [3.05, 3.63) is 45.9 Å². The molecular weight excluding hydrogens is 315 g/mol. The second kappa shape index (κ2) is 7.54. The molecule has 0 aromatic heterocycles. The molecule has 0 bridgehead atoms. The summed E-state index contributed by atoms with van der Waals surface area (Å²) in [5.74, 6) is 0.973. The number of benzene rings is 1. The molecule has 0 aliphatic heterocycles. The molecule has 2 rings (SSSR count). The van der Waals surface area contributed by atoms with Crippen LogP contribution in [0, 0.1) is 0 Å². The summed E-state index contributed by atoms with van der Waals surface area (Å²) >= 11 is 2.18. The van der Waals surface area contributed by atoms with Crippen molar-refractivity contribution in [1.82, 2.24) is 0 Å². The first-order valence-electron chi connectivity index (χ1n) is 5.87. The number of allylic oxidation sites excluding steroid dienone is 4. The number of para-hydroxylation sites is 1. The van der Waals surface area contributed by atoms with Crippen LogP contribution in [0.5, 0.6) is 5.75 Å². The zero-order valence-corrected chi connectivity index (χ0v) is 14.6. The largest absolute Gasteiger partial charge is 0.147 e. The molecule has 1 aliphatic carbocycles. The third-order valence-corrected chi connectivity index (χ3v) is 3.26. The van der Waals surface area contributed by atoms with E-state index in [1.54, 1.807) is 0 Å². The maximum atomic E-state index is 6.03. The van der Waals surface area contributed by atoms with Gasteiger partial charge in [-0.3, -0.25) is 0 Å². The molecular formula is C15H19Cl2OTi. The van der Waals surface area contributed by atoms with Gasteiger partial charge >= 0.3 is 115 Å². The van der Waals surface area contributed by atoms with Gasteiger partial charge in [-0.2, -0.15) is 0 Å². The summed E-state index contributed by atoms with van der Waals surface area (Å²) in [6.45, 7) is 6.24.